The number of ether oxygens (including phenoxy) is 1. The molecule has 4 aromatic rings. The van der Waals surface area contributed by atoms with Crippen LogP contribution in [-0.4, -0.2) is 52.0 Å². The van der Waals surface area contributed by atoms with Crippen LogP contribution in [-0.2, 0) is 10.0 Å². The van der Waals surface area contributed by atoms with Crippen LogP contribution in [0.2, 0.25) is 5.02 Å². The van der Waals surface area contributed by atoms with E-state index in [9.17, 15) is 12.8 Å². The molecule has 0 amide bonds. The molecule has 34 heavy (non-hydrogen) atoms. The first-order chi connectivity index (χ1) is 16.2. The number of benzene rings is 2. The summed E-state index contributed by atoms with van der Waals surface area (Å²) < 4.78 is 46.9. The predicted octanol–water partition coefficient (Wildman–Crippen LogP) is 3.11. The van der Waals surface area contributed by atoms with Crippen molar-refractivity contribution in [3.63, 3.8) is 0 Å². The van der Waals surface area contributed by atoms with Gasteiger partial charge in [-0.2, -0.15) is 4.98 Å². The van der Waals surface area contributed by atoms with Crippen LogP contribution < -0.4 is 20.1 Å². The minimum atomic E-state index is -3.58. The molecule has 0 aliphatic rings. The highest BCUT2D eigenvalue weighted by Gasteiger charge is 2.14. The monoisotopic (exact) mass is 505 g/mol. The first-order valence-corrected chi connectivity index (χ1v) is 11.7. The van der Waals surface area contributed by atoms with Crippen molar-refractivity contribution in [3.05, 3.63) is 59.8 Å². The average Bonchev–Trinajstić information content (AvgIpc) is 3.32. The lowest BCUT2D eigenvalue weighted by molar-refractivity contribution is 0.415. The molecule has 4 rings (SSSR count). The lowest BCUT2D eigenvalue weighted by Gasteiger charge is -2.15. The number of methoxy groups -OCH3 is 1. The van der Waals surface area contributed by atoms with E-state index < -0.39 is 15.8 Å². The smallest absolute Gasteiger partial charge is 0.229 e. The van der Waals surface area contributed by atoms with Crippen LogP contribution in [0.3, 0.4) is 0 Å². The van der Waals surface area contributed by atoms with Gasteiger partial charge in [0.1, 0.15) is 22.9 Å². The maximum Gasteiger partial charge on any atom is 0.229 e. The summed E-state index contributed by atoms with van der Waals surface area (Å²) in [6, 6.07) is 8.95. The van der Waals surface area contributed by atoms with Crippen molar-refractivity contribution in [2.75, 3.05) is 28.7 Å². The summed E-state index contributed by atoms with van der Waals surface area (Å²) >= 11 is 6.24. The van der Waals surface area contributed by atoms with E-state index in [-0.39, 0.29) is 28.2 Å². The first-order valence-electron chi connectivity index (χ1n) is 9.47. The molecule has 12 nitrogen and oxygen atoms in total. The van der Waals surface area contributed by atoms with Gasteiger partial charge in [0, 0.05) is 6.07 Å². The van der Waals surface area contributed by atoms with Crippen molar-refractivity contribution < 1.29 is 17.5 Å². The van der Waals surface area contributed by atoms with E-state index in [0.717, 1.165) is 6.26 Å². The molecular formula is C19H17ClFN9O3S. The van der Waals surface area contributed by atoms with Crippen LogP contribution in [0.1, 0.15) is 0 Å². The van der Waals surface area contributed by atoms with E-state index in [1.807, 2.05) is 0 Å². The minimum Gasteiger partial charge on any atom is -0.497 e. The minimum absolute atomic E-state index is 0.0331. The molecule has 0 unspecified atom stereocenters. The lowest BCUT2D eigenvalue weighted by atomic mass is 10.2. The van der Waals surface area contributed by atoms with Gasteiger partial charge in [0.15, 0.2) is 5.82 Å². The third kappa shape index (κ3) is 5.47. The molecule has 0 aliphatic carbocycles. The van der Waals surface area contributed by atoms with Gasteiger partial charge in [-0.05, 0) is 40.8 Å². The third-order valence-electron chi connectivity index (χ3n) is 4.33. The topological polar surface area (TPSA) is 149 Å². The van der Waals surface area contributed by atoms with Crippen molar-refractivity contribution in [2.24, 2.45) is 0 Å². The Hall–Kier alpha value is -4.04. The van der Waals surface area contributed by atoms with Gasteiger partial charge in [-0.25, -0.2) is 22.5 Å². The van der Waals surface area contributed by atoms with Gasteiger partial charge in [-0.1, -0.05) is 11.6 Å². The first kappa shape index (κ1) is 23.1. The molecule has 0 saturated heterocycles. The van der Waals surface area contributed by atoms with Crippen LogP contribution in [0, 0.1) is 5.82 Å². The van der Waals surface area contributed by atoms with Crippen molar-refractivity contribution in [1.82, 2.24) is 30.2 Å². The number of tetrazole rings is 1. The summed E-state index contributed by atoms with van der Waals surface area (Å²) in [5.41, 5.74) is 1.15. The molecule has 0 spiro atoms. The molecule has 0 atom stereocenters. The van der Waals surface area contributed by atoms with Crippen LogP contribution in [0.15, 0.2) is 48.9 Å². The largest absolute Gasteiger partial charge is 0.497 e. The van der Waals surface area contributed by atoms with Crippen LogP contribution >= 0.6 is 11.6 Å². The van der Waals surface area contributed by atoms with Crippen molar-refractivity contribution in [2.45, 2.75) is 0 Å². The van der Waals surface area contributed by atoms with E-state index in [1.54, 1.807) is 12.1 Å². The maximum atomic E-state index is 14.4. The molecule has 2 heterocycles. The molecule has 0 saturated carbocycles. The molecule has 0 fully saturated rings. The molecule has 0 aliphatic heterocycles. The zero-order valence-corrected chi connectivity index (χ0v) is 19.3. The van der Waals surface area contributed by atoms with Gasteiger partial charge in [-0.15, -0.1) is 5.10 Å². The third-order valence-corrected chi connectivity index (χ3v) is 5.20. The van der Waals surface area contributed by atoms with Crippen LogP contribution in [0.25, 0.3) is 5.69 Å². The summed E-state index contributed by atoms with van der Waals surface area (Å²) in [5, 5.41) is 16.8. The number of hydrogen-bond acceptors (Lipinski definition) is 10. The number of nitrogens with zero attached hydrogens (tertiary/aromatic N) is 6. The van der Waals surface area contributed by atoms with Crippen molar-refractivity contribution >= 4 is 50.5 Å². The van der Waals surface area contributed by atoms with E-state index in [1.165, 1.54) is 48.6 Å². The maximum absolute atomic E-state index is 14.4. The number of sulfonamides is 1. The van der Waals surface area contributed by atoms with E-state index in [4.69, 9.17) is 16.3 Å². The summed E-state index contributed by atoms with van der Waals surface area (Å²) in [5.74, 6) is 0.0641. The van der Waals surface area contributed by atoms with Gasteiger partial charge in [0.05, 0.1) is 42.3 Å². The van der Waals surface area contributed by atoms with Crippen LogP contribution in [0.4, 0.5) is 33.2 Å². The fourth-order valence-corrected chi connectivity index (χ4v) is 3.54. The average molecular weight is 506 g/mol. The second-order valence-electron chi connectivity index (χ2n) is 6.84. The number of rotatable bonds is 8. The molecule has 2 aromatic carbocycles. The molecule has 0 bridgehead atoms. The Kier molecular flexibility index (Phi) is 6.43. The highest BCUT2D eigenvalue weighted by molar-refractivity contribution is 7.92. The summed E-state index contributed by atoms with van der Waals surface area (Å²) in [4.78, 5) is 8.37. The quantitative estimate of drug-likeness (QED) is 0.326. The zero-order chi connectivity index (χ0) is 24.3. The van der Waals surface area contributed by atoms with Gasteiger partial charge >= 0.3 is 0 Å². The second kappa shape index (κ2) is 9.44. The molecule has 0 radical (unpaired) electrons. The van der Waals surface area contributed by atoms with Crippen LogP contribution in [0.5, 0.6) is 5.75 Å². The predicted molar refractivity (Wildman–Crippen MR) is 124 cm³/mol. The Labute approximate surface area is 198 Å². The number of nitrogens with one attached hydrogen (secondary N) is 3. The normalized spacial score (nSPS) is 11.2. The summed E-state index contributed by atoms with van der Waals surface area (Å²) in [6.45, 7) is 0. The van der Waals surface area contributed by atoms with Gasteiger partial charge < -0.3 is 15.4 Å². The van der Waals surface area contributed by atoms with Crippen molar-refractivity contribution in [3.8, 4) is 11.4 Å². The van der Waals surface area contributed by atoms with Gasteiger partial charge in [0.25, 0.3) is 0 Å². The second-order valence-corrected chi connectivity index (χ2v) is 9.00. The standard InChI is InChI=1S/C19H17ClFN9O3S/c1-33-12-4-6-15(17(8-12)27-34(2,31)32)24-18-13(20)9-22-19(26-18)25-16-7-11(3-5-14(16)21)30-10-23-28-29-30/h3-10,27H,1-2H3,(H2,22,24,25,26). The Morgan fingerprint density at radius 2 is 1.91 bits per heavy atom. The Morgan fingerprint density at radius 1 is 1.09 bits per heavy atom. The highest BCUT2D eigenvalue weighted by atomic mass is 35.5. The SMILES string of the molecule is COc1ccc(Nc2nc(Nc3cc(-n4cnnn4)ccc3F)ncc2Cl)c(NS(C)(=O)=O)c1. The molecular weight excluding hydrogens is 489 g/mol. The fourth-order valence-electron chi connectivity index (χ4n) is 2.84. The lowest BCUT2D eigenvalue weighted by Crippen LogP contribution is -2.11. The number of anilines is 5. The van der Waals surface area contributed by atoms with Crippen molar-refractivity contribution in [1.29, 1.82) is 0 Å². The van der Waals surface area contributed by atoms with Gasteiger partial charge in [0.2, 0.25) is 16.0 Å². The Bertz CT molecular complexity index is 1440. The number of hydrogen-bond donors (Lipinski definition) is 3. The van der Waals surface area contributed by atoms with E-state index in [2.05, 4.69) is 40.8 Å². The van der Waals surface area contributed by atoms with Gasteiger partial charge in [-0.3, -0.25) is 4.72 Å². The highest BCUT2D eigenvalue weighted by Crippen LogP contribution is 2.32. The Balaban J connectivity index is 1.64. The molecule has 15 heteroatoms. The molecule has 2 aromatic heterocycles. The number of aromatic nitrogens is 6. The fraction of sp³-hybridized carbons (Fsp3) is 0.105. The molecule has 176 valence electrons. The van der Waals surface area contributed by atoms with E-state index >= 15 is 0 Å². The summed E-state index contributed by atoms with van der Waals surface area (Å²) in [6.07, 6.45) is 3.71. The Morgan fingerprint density at radius 3 is 2.62 bits per heavy atom. The zero-order valence-electron chi connectivity index (χ0n) is 17.7. The number of halogens is 2. The summed E-state index contributed by atoms with van der Waals surface area (Å²) in [7, 11) is -2.13. The molecule has 3 N–H and O–H groups in total. The van der Waals surface area contributed by atoms with E-state index in [0.29, 0.717) is 17.1 Å².